The van der Waals surface area contributed by atoms with Gasteiger partial charge in [-0.2, -0.15) is 26.3 Å². The lowest BCUT2D eigenvalue weighted by Crippen LogP contribution is -2.52. The number of carbonyl (C=O) groups excluding carboxylic acids is 2. The SMILES string of the molecule is COc1ccc(S(=O)(=O)n2cc(C(=O)C(F)(F)F)c3ccc(Br)cc32)cc1N1CCN(C(=O)C(F)(F)F)CC1. The number of fused-ring (bicyclic) bond motifs is 1. The molecule has 2 aromatic carbocycles. The Labute approximate surface area is 225 Å². The number of amides is 1. The van der Waals surface area contributed by atoms with Crippen molar-refractivity contribution in [3.63, 3.8) is 0 Å². The van der Waals surface area contributed by atoms with Gasteiger partial charge in [-0.25, -0.2) is 12.4 Å². The minimum atomic E-state index is -5.25. The molecule has 0 radical (unpaired) electrons. The van der Waals surface area contributed by atoms with Gasteiger partial charge in [0.1, 0.15) is 5.75 Å². The van der Waals surface area contributed by atoms with Gasteiger partial charge in [-0.15, -0.1) is 0 Å². The number of methoxy groups -OCH3 is 1. The van der Waals surface area contributed by atoms with Crippen molar-refractivity contribution in [1.82, 2.24) is 8.87 Å². The van der Waals surface area contributed by atoms with E-state index in [2.05, 4.69) is 15.9 Å². The van der Waals surface area contributed by atoms with E-state index in [1.807, 2.05) is 0 Å². The number of halogens is 7. The Morgan fingerprint density at radius 2 is 1.56 bits per heavy atom. The van der Waals surface area contributed by atoms with Crippen molar-refractivity contribution in [2.45, 2.75) is 17.2 Å². The van der Waals surface area contributed by atoms with E-state index >= 15 is 0 Å². The van der Waals surface area contributed by atoms with Gasteiger partial charge in [0.15, 0.2) is 0 Å². The molecule has 1 aromatic heterocycles. The van der Waals surface area contributed by atoms with Gasteiger partial charge in [0.2, 0.25) is 0 Å². The van der Waals surface area contributed by atoms with E-state index in [0.29, 0.717) is 19.5 Å². The highest BCUT2D eigenvalue weighted by atomic mass is 79.9. The van der Waals surface area contributed by atoms with Crippen LogP contribution < -0.4 is 9.64 Å². The highest BCUT2D eigenvalue weighted by molar-refractivity contribution is 9.10. The smallest absolute Gasteiger partial charge is 0.471 e. The normalized spacial score (nSPS) is 15.1. The molecule has 39 heavy (non-hydrogen) atoms. The average Bonchev–Trinajstić information content (AvgIpc) is 3.25. The predicted molar refractivity (Wildman–Crippen MR) is 130 cm³/mol. The van der Waals surface area contributed by atoms with E-state index in [-0.39, 0.29) is 53.4 Å². The van der Waals surface area contributed by atoms with E-state index in [9.17, 15) is 44.3 Å². The van der Waals surface area contributed by atoms with E-state index in [0.717, 1.165) is 6.07 Å². The maximum Gasteiger partial charge on any atom is 0.471 e. The number of alkyl halides is 6. The van der Waals surface area contributed by atoms with E-state index in [4.69, 9.17) is 4.74 Å². The minimum absolute atomic E-state index is 0.0781. The summed E-state index contributed by atoms with van der Waals surface area (Å²) in [6.45, 7) is -0.744. The van der Waals surface area contributed by atoms with Crippen LogP contribution in [0.2, 0.25) is 0 Å². The number of carbonyl (C=O) groups is 2. The van der Waals surface area contributed by atoms with Crippen molar-refractivity contribution < 1.29 is 49.1 Å². The molecule has 4 rings (SSSR count). The molecule has 1 aliphatic heterocycles. The monoisotopic (exact) mass is 641 g/mol. The number of ether oxygens (including phenoxy) is 1. The largest absolute Gasteiger partial charge is 0.495 e. The zero-order valence-corrected chi connectivity index (χ0v) is 22.2. The maximum atomic E-state index is 13.6. The average molecular weight is 642 g/mol. The second-order valence-corrected chi connectivity index (χ2v) is 11.2. The zero-order valence-electron chi connectivity index (χ0n) is 19.8. The summed E-state index contributed by atoms with van der Waals surface area (Å²) in [6, 6.07) is 7.41. The minimum Gasteiger partial charge on any atom is -0.495 e. The molecular formula is C23H18BrF6N3O5S. The molecule has 1 fully saturated rings. The number of piperazine rings is 1. The summed E-state index contributed by atoms with van der Waals surface area (Å²) in [6.07, 6.45) is -9.68. The summed E-state index contributed by atoms with van der Waals surface area (Å²) in [5.74, 6) is -4.02. The van der Waals surface area contributed by atoms with Crippen LogP contribution in [-0.4, -0.2) is 74.6 Å². The standard InChI is InChI=1S/C23H18BrF6N3O5S/c1-38-19-5-3-14(11-18(19)31-6-8-32(9-7-31)21(35)23(28,29)30)39(36,37)33-12-16(20(34)22(25,26)27)15-4-2-13(24)10-17(15)33/h2-5,10-12H,6-9H2,1H3. The van der Waals surface area contributed by atoms with Crippen LogP contribution in [0.3, 0.4) is 0 Å². The Morgan fingerprint density at radius 3 is 2.13 bits per heavy atom. The molecule has 0 saturated carbocycles. The topological polar surface area (TPSA) is 88.9 Å². The highest BCUT2D eigenvalue weighted by Crippen LogP contribution is 2.36. The van der Waals surface area contributed by atoms with Crippen LogP contribution in [0.5, 0.6) is 5.75 Å². The third-order valence-corrected chi connectivity index (χ3v) is 8.26. The fraction of sp³-hybridized carbons (Fsp3) is 0.304. The molecule has 2 heterocycles. The first-order chi connectivity index (χ1) is 18.1. The van der Waals surface area contributed by atoms with Crippen LogP contribution in [0.25, 0.3) is 10.9 Å². The Kier molecular flexibility index (Phi) is 7.40. The third kappa shape index (κ3) is 5.44. The van der Waals surface area contributed by atoms with Gasteiger partial charge in [0.25, 0.3) is 15.8 Å². The molecular weight excluding hydrogens is 624 g/mol. The van der Waals surface area contributed by atoms with Crippen molar-refractivity contribution in [1.29, 1.82) is 0 Å². The van der Waals surface area contributed by atoms with Gasteiger partial charge >= 0.3 is 18.3 Å². The van der Waals surface area contributed by atoms with Gasteiger partial charge in [-0.05, 0) is 30.3 Å². The molecule has 8 nitrogen and oxygen atoms in total. The highest BCUT2D eigenvalue weighted by Gasteiger charge is 2.44. The summed E-state index contributed by atoms with van der Waals surface area (Å²) >= 11 is 3.15. The Balaban J connectivity index is 1.75. The lowest BCUT2D eigenvalue weighted by molar-refractivity contribution is -0.185. The lowest BCUT2D eigenvalue weighted by Gasteiger charge is -2.36. The van der Waals surface area contributed by atoms with Crippen LogP contribution in [0.1, 0.15) is 10.4 Å². The van der Waals surface area contributed by atoms with Crippen molar-refractivity contribution in [3.05, 3.63) is 52.6 Å². The predicted octanol–water partition coefficient (Wildman–Crippen LogP) is 4.61. The summed E-state index contributed by atoms with van der Waals surface area (Å²) in [7, 11) is -3.30. The molecule has 1 amide bonds. The third-order valence-electron chi connectivity index (χ3n) is 6.09. The first kappa shape index (κ1) is 28.7. The van der Waals surface area contributed by atoms with Crippen LogP contribution in [-0.2, 0) is 14.8 Å². The number of Topliss-reactive ketones (excluding diaryl/α,β-unsaturated/α-hetero) is 1. The maximum absolute atomic E-state index is 13.6. The molecule has 0 N–H and O–H groups in total. The fourth-order valence-electron chi connectivity index (χ4n) is 4.22. The lowest BCUT2D eigenvalue weighted by atomic mass is 10.1. The molecule has 0 atom stereocenters. The molecule has 0 unspecified atom stereocenters. The summed E-state index contributed by atoms with van der Waals surface area (Å²) in [5.41, 5.74) is -0.858. The Morgan fingerprint density at radius 1 is 0.923 bits per heavy atom. The summed E-state index contributed by atoms with van der Waals surface area (Å²) in [4.78, 5) is 25.4. The first-order valence-electron chi connectivity index (χ1n) is 11.0. The number of aromatic nitrogens is 1. The Bertz CT molecular complexity index is 1560. The van der Waals surface area contributed by atoms with Crippen molar-refractivity contribution in [2.75, 3.05) is 38.2 Å². The van der Waals surface area contributed by atoms with E-state index in [1.54, 1.807) is 0 Å². The number of ketones is 1. The van der Waals surface area contributed by atoms with Gasteiger partial charge in [-0.3, -0.25) is 9.59 Å². The van der Waals surface area contributed by atoms with E-state index in [1.165, 1.54) is 42.3 Å². The zero-order chi connectivity index (χ0) is 28.9. The second-order valence-electron chi connectivity index (χ2n) is 8.44. The summed E-state index contributed by atoms with van der Waals surface area (Å²) in [5, 5.41) is -0.233. The number of hydrogen-bond donors (Lipinski definition) is 0. The Hall–Kier alpha value is -3.27. The number of benzene rings is 2. The van der Waals surface area contributed by atoms with Gasteiger partial charge in [0, 0.05) is 42.2 Å². The number of anilines is 1. The van der Waals surface area contributed by atoms with Gasteiger partial charge < -0.3 is 14.5 Å². The fourth-order valence-corrected chi connectivity index (χ4v) is 5.96. The quantitative estimate of drug-likeness (QED) is 0.299. The van der Waals surface area contributed by atoms with Crippen molar-refractivity contribution in [2.24, 2.45) is 0 Å². The van der Waals surface area contributed by atoms with Crippen LogP contribution in [0.15, 0.2) is 52.0 Å². The van der Waals surface area contributed by atoms with Crippen molar-refractivity contribution >= 4 is 54.2 Å². The van der Waals surface area contributed by atoms with E-state index < -0.39 is 39.6 Å². The van der Waals surface area contributed by atoms with Crippen LogP contribution >= 0.6 is 15.9 Å². The number of hydrogen-bond acceptors (Lipinski definition) is 6. The van der Waals surface area contributed by atoms with Gasteiger partial charge in [-0.1, -0.05) is 22.0 Å². The molecule has 3 aromatic rings. The molecule has 0 aliphatic carbocycles. The first-order valence-corrected chi connectivity index (χ1v) is 13.3. The number of nitrogens with zero attached hydrogens (tertiary/aromatic N) is 3. The molecule has 16 heteroatoms. The summed E-state index contributed by atoms with van der Waals surface area (Å²) < 4.78 is 112. The van der Waals surface area contributed by atoms with Crippen LogP contribution in [0, 0.1) is 0 Å². The van der Waals surface area contributed by atoms with Crippen molar-refractivity contribution in [3.8, 4) is 5.75 Å². The van der Waals surface area contributed by atoms with Crippen LogP contribution in [0.4, 0.5) is 32.0 Å². The number of rotatable bonds is 5. The molecule has 210 valence electrons. The second kappa shape index (κ2) is 10.0. The van der Waals surface area contributed by atoms with Gasteiger partial charge in [0.05, 0.1) is 28.8 Å². The molecule has 1 aliphatic rings. The molecule has 0 spiro atoms. The molecule has 1 saturated heterocycles. The molecule has 0 bridgehead atoms.